The van der Waals surface area contributed by atoms with Crippen LogP contribution in [0.25, 0.3) is 0 Å². The standard InChI is InChI=1S/C13H19N3O2S/c1-10(17)16-3-4-18-12-8-15(6-11(12)7-16)9-13-14-2-5-19-13/h2,5,11-12H,3-4,6-9H2,1H3/t11-,12+/m0/s1. The van der Waals surface area contributed by atoms with E-state index in [9.17, 15) is 4.79 Å². The van der Waals surface area contributed by atoms with Gasteiger partial charge in [0.05, 0.1) is 19.3 Å². The molecule has 6 heteroatoms. The number of amides is 1. The fraction of sp³-hybridized carbons (Fsp3) is 0.692. The topological polar surface area (TPSA) is 45.7 Å². The Balaban J connectivity index is 1.61. The summed E-state index contributed by atoms with van der Waals surface area (Å²) in [5.41, 5.74) is 0. The van der Waals surface area contributed by atoms with Crippen molar-refractivity contribution in [1.82, 2.24) is 14.8 Å². The summed E-state index contributed by atoms with van der Waals surface area (Å²) in [6.07, 6.45) is 2.12. The number of ether oxygens (including phenoxy) is 1. The van der Waals surface area contributed by atoms with Gasteiger partial charge in [0, 0.05) is 50.6 Å². The lowest BCUT2D eigenvalue weighted by molar-refractivity contribution is -0.129. The van der Waals surface area contributed by atoms with Crippen LogP contribution in [0.5, 0.6) is 0 Å². The van der Waals surface area contributed by atoms with E-state index in [1.54, 1.807) is 18.3 Å². The zero-order chi connectivity index (χ0) is 13.2. The minimum Gasteiger partial charge on any atom is -0.375 e. The largest absolute Gasteiger partial charge is 0.375 e. The van der Waals surface area contributed by atoms with E-state index in [2.05, 4.69) is 9.88 Å². The Morgan fingerprint density at radius 3 is 3.16 bits per heavy atom. The number of carbonyl (C=O) groups excluding carboxylic acids is 1. The van der Waals surface area contributed by atoms with Gasteiger partial charge in [0.2, 0.25) is 5.91 Å². The molecule has 0 spiro atoms. The molecular weight excluding hydrogens is 262 g/mol. The van der Waals surface area contributed by atoms with Crippen molar-refractivity contribution < 1.29 is 9.53 Å². The highest BCUT2D eigenvalue weighted by Gasteiger charge is 2.37. The van der Waals surface area contributed by atoms with Gasteiger partial charge < -0.3 is 9.64 Å². The summed E-state index contributed by atoms with van der Waals surface area (Å²) in [6.45, 7) is 6.70. The molecule has 0 saturated carbocycles. The number of nitrogens with zero attached hydrogens (tertiary/aromatic N) is 3. The summed E-state index contributed by atoms with van der Waals surface area (Å²) >= 11 is 1.69. The van der Waals surface area contributed by atoms with Crippen LogP contribution < -0.4 is 0 Å². The van der Waals surface area contributed by atoms with Crippen molar-refractivity contribution in [1.29, 1.82) is 0 Å². The molecule has 1 aromatic rings. The first-order valence-corrected chi connectivity index (χ1v) is 7.58. The fourth-order valence-corrected chi connectivity index (χ4v) is 3.58. The second-order valence-corrected chi connectivity index (χ2v) is 6.23. The van der Waals surface area contributed by atoms with Gasteiger partial charge in [-0.3, -0.25) is 9.69 Å². The molecule has 5 nitrogen and oxygen atoms in total. The Morgan fingerprint density at radius 2 is 2.42 bits per heavy atom. The van der Waals surface area contributed by atoms with E-state index >= 15 is 0 Å². The maximum atomic E-state index is 11.5. The maximum absolute atomic E-state index is 11.5. The van der Waals surface area contributed by atoms with Crippen molar-refractivity contribution >= 4 is 17.2 Å². The Morgan fingerprint density at radius 1 is 1.53 bits per heavy atom. The van der Waals surface area contributed by atoms with E-state index in [-0.39, 0.29) is 12.0 Å². The van der Waals surface area contributed by atoms with Gasteiger partial charge in [-0.15, -0.1) is 11.3 Å². The van der Waals surface area contributed by atoms with Gasteiger partial charge in [0.25, 0.3) is 0 Å². The van der Waals surface area contributed by atoms with Crippen LogP contribution >= 0.6 is 11.3 Å². The molecule has 2 atom stereocenters. The predicted octanol–water partition coefficient (Wildman–Crippen LogP) is 0.822. The highest BCUT2D eigenvalue weighted by molar-refractivity contribution is 7.09. The summed E-state index contributed by atoms with van der Waals surface area (Å²) in [6, 6.07) is 0. The summed E-state index contributed by atoms with van der Waals surface area (Å²) < 4.78 is 5.90. The number of aromatic nitrogens is 1. The normalized spacial score (nSPS) is 28.2. The van der Waals surface area contributed by atoms with Crippen LogP contribution in [0.4, 0.5) is 0 Å². The average Bonchev–Trinajstić information content (AvgIpc) is 2.95. The summed E-state index contributed by atoms with van der Waals surface area (Å²) in [5, 5.41) is 3.16. The zero-order valence-corrected chi connectivity index (χ0v) is 11.9. The van der Waals surface area contributed by atoms with Gasteiger partial charge in [0.15, 0.2) is 0 Å². The smallest absolute Gasteiger partial charge is 0.219 e. The molecule has 19 heavy (non-hydrogen) atoms. The molecule has 2 aliphatic heterocycles. The number of thiazole rings is 1. The number of likely N-dealkylation sites (tertiary alicyclic amines) is 1. The Labute approximate surface area is 117 Å². The van der Waals surface area contributed by atoms with Crippen LogP contribution in [0.15, 0.2) is 11.6 Å². The van der Waals surface area contributed by atoms with Crippen molar-refractivity contribution in [2.24, 2.45) is 5.92 Å². The van der Waals surface area contributed by atoms with Crippen LogP contribution in [0, 0.1) is 5.92 Å². The monoisotopic (exact) mass is 281 g/mol. The molecule has 1 amide bonds. The lowest BCUT2D eigenvalue weighted by atomic mass is 10.1. The van der Waals surface area contributed by atoms with E-state index in [1.165, 1.54) is 0 Å². The number of rotatable bonds is 2. The third-order valence-corrected chi connectivity index (χ3v) is 4.66. The first kappa shape index (κ1) is 13.0. The zero-order valence-electron chi connectivity index (χ0n) is 11.1. The van der Waals surface area contributed by atoms with Gasteiger partial charge in [-0.2, -0.15) is 0 Å². The van der Waals surface area contributed by atoms with E-state index in [0.29, 0.717) is 12.5 Å². The van der Waals surface area contributed by atoms with Gasteiger partial charge in [-0.1, -0.05) is 0 Å². The molecule has 3 rings (SSSR count). The summed E-state index contributed by atoms with van der Waals surface area (Å²) in [7, 11) is 0. The molecule has 104 valence electrons. The van der Waals surface area contributed by atoms with Gasteiger partial charge in [0.1, 0.15) is 5.01 Å². The third kappa shape index (κ3) is 2.96. The minimum absolute atomic E-state index is 0.155. The van der Waals surface area contributed by atoms with Gasteiger partial charge >= 0.3 is 0 Å². The molecule has 0 unspecified atom stereocenters. The molecule has 0 radical (unpaired) electrons. The second kappa shape index (κ2) is 5.56. The lowest BCUT2D eigenvalue weighted by Gasteiger charge is -2.22. The molecule has 3 heterocycles. The molecule has 1 aromatic heterocycles. The minimum atomic E-state index is 0.155. The van der Waals surface area contributed by atoms with Crippen molar-refractivity contribution in [3.05, 3.63) is 16.6 Å². The molecular formula is C13H19N3O2S. The highest BCUT2D eigenvalue weighted by Crippen LogP contribution is 2.25. The SMILES string of the molecule is CC(=O)N1CCO[C@@H]2CN(Cc3nccs3)C[C@H]2C1. The second-order valence-electron chi connectivity index (χ2n) is 5.25. The van der Waals surface area contributed by atoms with Crippen molar-refractivity contribution in [3.8, 4) is 0 Å². The molecule has 0 aromatic carbocycles. The quantitative estimate of drug-likeness (QED) is 0.805. The van der Waals surface area contributed by atoms with Crippen molar-refractivity contribution in [3.63, 3.8) is 0 Å². The summed E-state index contributed by atoms with van der Waals surface area (Å²) in [5.74, 6) is 0.592. The third-order valence-electron chi connectivity index (χ3n) is 3.89. The molecule has 2 aliphatic rings. The van der Waals surface area contributed by atoms with E-state index in [1.807, 2.05) is 16.5 Å². The summed E-state index contributed by atoms with van der Waals surface area (Å²) in [4.78, 5) is 20.2. The number of fused-ring (bicyclic) bond motifs is 1. The number of hydrogen-bond donors (Lipinski definition) is 0. The van der Waals surface area contributed by atoms with E-state index < -0.39 is 0 Å². The Hall–Kier alpha value is -0.980. The number of carbonyl (C=O) groups is 1. The maximum Gasteiger partial charge on any atom is 0.219 e. The fourth-order valence-electron chi connectivity index (χ4n) is 2.92. The molecule has 0 bridgehead atoms. The van der Waals surface area contributed by atoms with Crippen molar-refractivity contribution in [2.45, 2.75) is 19.6 Å². The van der Waals surface area contributed by atoms with E-state index in [4.69, 9.17) is 4.74 Å². The predicted molar refractivity (Wildman–Crippen MR) is 72.9 cm³/mol. The van der Waals surface area contributed by atoms with E-state index in [0.717, 1.165) is 37.7 Å². The van der Waals surface area contributed by atoms with Crippen LogP contribution in [-0.4, -0.2) is 59.6 Å². The van der Waals surface area contributed by atoms with Crippen LogP contribution in [-0.2, 0) is 16.1 Å². The van der Waals surface area contributed by atoms with Crippen LogP contribution in [0.3, 0.4) is 0 Å². The first-order chi connectivity index (χ1) is 9.22. The Bertz CT molecular complexity index is 437. The first-order valence-electron chi connectivity index (χ1n) is 6.70. The van der Waals surface area contributed by atoms with Crippen molar-refractivity contribution in [2.75, 3.05) is 32.8 Å². The van der Waals surface area contributed by atoms with Gasteiger partial charge in [-0.25, -0.2) is 4.98 Å². The molecule has 0 aliphatic carbocycles. The Kier molecular flexibility index (Phi) is 3.81. The number of hydrogen-bond acceptors (Lipinski definition) is 5. The van der Waals surface area contributed by atoms with Crippen LogP contribution in [0.1, 0.15) is 11.9 Å². The van der Waals surface area contributed by atoms with Crippen LogP contribution in [0.2, 0.25) is 0 Å². The average molecular weight is 281 g/mol. The lowest BCUT2D eigenvalue weighted by Crippen LogP contribution is -2.35. The molecule has 2 saturated heterocycles. The highest BCUT2D eigenvalue weighted by atomic mass is 32.1. The molecule has 0 N–H and O–H groups in total. The van der Waals surface area contributed by atoms with Gasteiger partial charge in [-0.05, 0) is 0 Å². The molecule has 2 fully saturated rings.